The van der Waals surface area contributed by atoms with E-state index in [1.807, 2.05) is 32.0 Å². The van der Waals surface area contributed by atoms with Gasteiger partial charge in [-0.1, -0.05) is 26.0 Å². The molecule has 146 valence electrons. The smallest absolute Gasteiger partial charge is 0.262 e. The Labute approximate surface area is 161 Å². The molecular weight excluding hydrogens is 364 g/mol. The van der Waals surface area contributed by atoms with Crippen LogP contribution in [0.3, 0.4) is 0 Å². The maximum Gasteiger partial charge on any atom is 0.262 e. The van der Waals surface area contributed by atoms with Crippen LogP contribution in [0, 0.1) is 13.8 Å². The molecule has 2 aromatic rings. The second-order valence-electron chi connectivity index (χ2n) is 6.28. The van der Waals surface area contributed by atoms with Gasteiger partial charge < -0.3 is 10.1 Å². The first-order valence-electron chi connectivity index (χ1n) is 8.87. The number of carbonyl (C=O) groups is 1. The van der Waals surface area contributed by atoms with E-state index in [9.17, 15) is 13.2 Å². The lowest BCUT2D eigenvalue weighted by Gasteiger charge is -2.18. The van der Waals surface area contributed by atoms with Crippen LogP contribution in [0.1, 0.15) is 25.0 Å². The monoisotopic (exact) mass is 390 g/mol. The summed E-state index contributed by atoms with van der Waals surface area (Å²) in [7, 11) is -3.57. The van der Waals surface area contributed by atoms with Gasteiger partial charge in [0.15, 0.2) is 6.61 Å². The van der Waals surface area contributed by atoms with E-state index in [2.05, 4.69) is 5.32 Å². The lowest BCUT2D eigenvalue weighted by atomic mass is 10.1. The van der Waals surface area contributed by atoms with Gasteiger partial charge in [-0.2, -0.15) is 4.31 Å². The zero-order chi connectivity index (χ0) is 20.0. The number of nitrogens with zero attached hydrogens (tertiary/aromatic N) is 1. The van der Waals surface area contributed by atoms with Gasteiger partial charge in [-0.05, 0) is 55.3 Å². The molecule has 0 saturated carbocycles. The fourth-order valence-electron chi connectivity index (χ4n) is 2.81. The summed E-state index contributed by atoms with van der Waals surface area (Å²) in [5, 5.41) is 2.68. The lowest BCUT2D eigenvalue weighted by molar-refractivity contribution is -0.118. The highest BCUT2D eigenvalue weighted by Gasteiger charge is 2.21. The molecule has 0 aliphatic carbocycles. The average Bonchev–Trinajstić information content (AvgIpc) is 2.60. The van der Waals surface area contributed by atoms with Crippen LogP contribution in [0.5, 0.6) is 5.75 Å². The maximum absolute atomic E-state index is 12.6. The Kier molecular flexibility index (Phi) is 6.98. The Hall–Kier alpha value is -2.38. The van der Waals surface area contributed by atoms with E-state index in [0.29, 0.717) is 24.5 Å². The summed E-state index contributed by atoms with van der Waals surface area (Å²) in [5.41, 5.74) is 2.52. The minimum atomic E-state index is -3.57. The van der Waals surface area contributed by atoms with Crippen molar-refractivity contribution in [1.29, 1.82) is 0 Å². The number of nitrogens with one attached hydrogen (secondary N) is 1. The molecule has 1 N–H and O–H groups in total. The molecular formula is C20H26N2O4S. The van der Waals surface area contributed by atoms with E-state index in [0.717, 1.165) is 11.1 Å². The third-order valence-electron chi connectivity index (χ3n) is 4.03. The summed E-state index contributed by atoms with van der Waals surface area (Å²) in [4.78, 5) is 12.3. The predicted octanol–water partition coefficient (Wildman–Crippen LogP) is 3.35. The topological polar surface area (TPSA) is 75.7 Å². The third kappa shape index (κ3) is 5.55. The number of sulfonamides is 1. The summed E-state index contributed by atoms with van der Waals surface area (Å²) in [6.07, 6.45) is 0. The molecule has 0 radical (unpaired) electrons. The van der Waals surface area contributed by atoms with Gasteiger partial charge in [0.05, 0.1) is 4.90 Å². The van der Waals surface area contributed by atoms with Gasteiger partial charge in [0, 0.05) is 18.8 Å². The van der Waals surface area contributed by atoms with Crippen LogP contribution in [0.25, 0.3) is 0 Å². The van der Waals surface area contributed by atoms with Gasteiger partial charge in [0.25, 0.3) is 5.91 Å². The molecule has 0 aromatic heterocycles. The Morgan fingerprint density at radius 3 is 2.26 bits per heavy atom. The first kappa shape index (κ1) is 20.9. The number of amides is 1. The molecule has 0 unspecified atom stereocenters. The Bertz CT molecular complexity index is 886. The van der Waals surface area contributed by atoms with Crippen molar-refractivity contribution < 1.29 is 17.9 Å². The van der Waals surface area contributed by atoms with E-state index in [1.54, 1.807) is 26.0 Å². The van der Waals surface area contributed by atoms with Gasteiger partial charge >= 0.3 is 0 Å². The van der Waals surface area contributed by atoms with Crippen molar-refractivity contribution in [3.63, 3.8) is 0 Å². The van der Waals surface area contributed by atoms with Crippen LogP contribution in [0.15, 0.2) is 47.4 Å². The van der Waals surface area contributed by atoms with Crippen molar-refractivity contribution in [2.24, 2.45) is 0 Å². The summed E-state index contributed by atoms with van der Waals surface area (Å²) in [5.74, 6) is 0.270. The quantitative estimate of drug-likeness (QED) is 0.750. The number of hydrogen-bond acceptors (Lipinski definition) is 4. The molecule has 0 spiro atoms. The molecule has 1 amide bonds. The number of aryl methyl sites for hydroxylation is 2. The van der Waals surface area contributed by atoms with Crippen molar-refractivity contribution in [2.45, 2.75) is 32.6 Å². The fraction of sp³-hybridized carbons (Fsp3) is 0.350. The molecule has 0 fully saturated rings. The molecule has 0 aliphatic rings. The Morgan fingerprint density at radius 2 is 1.67 bits per heavy atom. The molecule has 0 saturated heterocycles. The lowest BCUT2D eigenvalue weighted by Crippen LogP contribution is -2.30. The van der Waals surface area contributed by atoms with Gasteiger partial charge in [0.2, 0.25) is 10.0 Å². The van der Waals surface area contributed by atoms with Crippen molar-refractivity contribution in [3.05, 3.63) is 53.6 Å². The van der Waals surface area contributed by atoms with Crippen molar-refractivity contribution in [3.8, 4) is 5.75 Å². The van der Waals surface area contributed by atoms with Crippen molar-refractivity contribution in [2.75, 3.05) is 25.0 Å². The van der Waals surface area contributed by atoms with Crippen molar-refractivity contribution >= 4 is 21.6 Å². The molecule has 0 aliphatic heterocycles. The van der Waals surface area contributed by atoms with E-state index < -0.39 is 10.0 Å². The van der Waals surface area contributed by atoms with Crippen LogP contribution in [0.4, 0.5) is 5.69 Å². The minimum Gasteiger partial charge on any atom is -0.484 e. The highest BCUT2D eigenvalue weighted by molar-refractivity contribution is 7.89. The standard InChI is InChI=1S/C20H26N2O4S/c1-5-22(6-2)27(24,25)19-9-7-8-17(13-19)21-20(23)14-26-18-11-15(3)10-16(4)12-18/h7-13H,5-6,14H2,1-4H3,(H,21,23). The third-order valence-corrected chi connectivity index (χ3v) is 6.07. The molecule has 6 nitrogen and oxygen atoms in total. The second kappa shape index (κ2) is 9.01. The van der Waals surface area contributed by atoms with Gasteiger partial charge in [-0.25, -0.2) is 8.42 Å². The first-order chi connectivity index (χ1) is 12.8. The van der Waals surface area contributed by atoms with E-state index in [1.165, 1.54) is 16.4 Å². The van der Waals surface area contributed by atoms with Crippen LogP contribution >= 0.6 is 0 Å². The van der Waals surface area contributed by atoms with Crippen LogP contribution < -0.4 is 10.1 Å². The molecule has 0 atom stereocenters. The summed E-state index contributed by atoms with van der Waals surface area (Å²) >= 11 is 0. The number of carbonyl (C=O) groups excluding carboxylic acids is 1. The number of rotatable bonds is 8. The predicted molar refractivity (Wildman–Crippen MR) is 107 cm³/mol. The van der Waals surface area contributed by atoms with Gasteiger partial charge in [-0.15, -0.1) is 0 Å². The highest BCUT2D eigenvalue weighted by Crippen LogP contribution is 2.20. The molecule has 2 aromatic carbocycles. The normalized spacial score (nSPS) is 11.4. The van der Waals surface area contributed by atoms with Crippen LogP contribution in [-0.4, -0.2) is 38.3 Å². The molecule has 2 rings (SSSR count). The number of ether oxygens (including phenoxy) is 1. The van der Waals surface area contributed by atoms with E-state index in [-0.39, 0.29) is 17.4 Å². The van der Waals surface area contributed by atoms with Crippen LogP contribution in [-0.2, 0) is 14.8 Å². The van der Waals surface area contributed by atoms with Gasteiger partial charge in [-0.3, -0.25) is 4.79 Å². The Balaban J connectivity index is 2.06. The zero-order valence-electron chi connectivity index (χ0n) is 16.2. The number of benzene rings is 2. The molecule has 0 heterocycles. The SMILES string of the molecule is CCN(CC)S(=O)(=O)c1cccc(NC(=O)COc2cc(C)cc(C)c2)c1. The van der Waals surface area contributed by atoms with Crippen LogP contribution in [0.2, 0.25) is 0 Å². The largest absolute Gasteiger partial charge is 0.484 e. The van der Waals surface area contributed by atoms with Crippen molar-refractivity contribution in [1.82, 2.24) is 4.31 Å². The Morgan fingerprint density at radius 1 is 1.04 bits per heavy atom. The molecule has 27 heavy (non-hydrogen) atoms. The van der Waals surface area contributed by atoms with E-state index >= 15 is 0 Å². The van der Waals surface area contributed by atoms with Gasteiger partial charge in [0.1, 0.15) is 5.75 Å². The highest BCUT2D eigenvalue weighted by atomic mass is 32.2. The zero-order valence-corrected chi connectivity index (χ0v) is 17.0. The molecule has 7 heteroatoms. The maximum atomic E-state index is 12.6. The molecule has 0 bridgehead atoms. The minimum absolute atomic E-state index is 0.152. The summed E-state index contributed by atoms with van der Waals surface area (Å²) < 4.78 is 32.1. The second-order valence-corrected chi connectivity index (χ2v) is 8.22. The number of hydrogen-bond donors (Lipinski definition) is 1. The summed E-state index contributed by atoms with van der Waals surface area (Å²) in [6, 6.07) is 12.0. The first-order valence-corrected chi connectivity index (χ1v) is 10.3. The van der Waals surface area contributed by atoms with E-state index in [4.69, 9.17) is 4.74 Å². The number of anilines is 1. The fourth-order valence-corrected chi connectivity index (χ4v) is 4.31. The summed E-state index contributed by atoms with van der Waals surface area (Å²) in [6.45, 7) is 8.12. The average molecular weight is 391 g/mol.